The fourth-order valence-corrected chi connectivity index (χ4v) is 1.92. The van der Waals surface area contributed by atoms with Gasteiger partial charge in [-0.25, -0.2) is 0 Å². The van der Waals surface area contributed by atoms with Crippen LogP contribution in [0.5, 0.6) is 0 Å². The number of carboxylic acid groups (broad SMARTS) is 1. The molecule has 1 unspecified atom stereocenters. The van der Waals surface area contributed by atoms with E-state index in [1.807, 2.05) is 30.3 Å². The number of carboxylic acids is 1. The number of aliphatic carboxylic acids is 1. The molecule has 1 atom stereocenters. The van der Waals surface area contributed by atoms with Gasteiger partial charge < -0.3 is 14.7 Å². The first-order valence-electron chi connectivity index (χ1n) is 6.70. The van der Waals surface area contributed by atoms with Crippen LogP contribution >= 0.6 is 0 Å². The first kappa shape index (κ1) is 16.2. The lowest BCUT2D eigenvalue weighted by atomic mass is 10.1. The second-order valence-corrected chi connectivity index (χ2v) is 4.49. The summed E-state index contributed by atoms with van der Waals surface area (Å²) in [5.41, 5.74) is 1.07. The Morgan fingerprint density at radius 3 is 2.50 bits per heavy atom. The molecule has 20 heavy (non-hydrogen) atoms. The van der Waals surface area contributed by atoms with E-state index in [0.717, 1.165) is 5.56 Å². The van der Waals surface area contributed by atoms with Crippen LogP contribution in [0, 0.1) is 0 Å². The maximum absolute atomic E-state index is 12.1. The van der Waals surface area contributed by atoms with Gasteiger partial charge in [0.2, 0.25) is 0 Å². The smallest absolute Gasteiger partial charge is 0.323 e. The number of nitrogens with zero attached hydrogens (tertiary/aromatic N) is 1. The summed E-state index contributed by atoms with van der Waals surface area (Å²) >= 11 is 0. The van der Waals surface area contributed by atoms with E-state index >= 15 is 0 Å². The van der Waals surface area contributed by atoms with Crippen molar-refractivity contribution in [2.75, 3.05) is 19.7 Å². The zero-order valence-corrected chi connectivity index (χ0v) is 11.9. The van der Waals surface area contributed by atoms with Gasteiger partial charge in [-0.1, -0.05) is 30.3 Å². The Bertz CT molecular complexity index is 433. The summed E-state index contributed by atoms with van der Waals surface area (Å²) < 4.78 is 5.23. The van der Waals surface area contributed by atoms with E-state index in [-0.39, 0.29) is 12.5 Å². The minimum Gasteiger partial charge on any atom is -0.480 e. The van der Waals surface area contributed by atoms with Gasteiger partial charge in [-0.2, -0.15) is 0 Å². The predicted octanol–water partition coefficient (Wildman–Crippen LogP) is 1.57. The number of carbonyl (C=O) groups excluding carboxylic acids is 1. The van der Waals surface area contributed by atoms with Crippen LogP contribution in [-0.4, -0.2) is 47.7 Å². The maximum Gasteiger partial charge on any atom is 0.323 e. The van der Waals surface area contributed by atoms with Crippen LogP contribution in [0.25, 0.3) is 0 Å². The second kappa shape index (κ2) is 8.32. The number of benzene rings is 1. The highest BCUT2D eigenvalue weighted by molar-refractivity contribution is 5.84. The van der Waals surface area contributed by atoms with Crippen LogP contribution in [0.2, 0.25) is 0 Å². The third-order valence-corrected chi connectivity index (χ3v) is 2.92. The first-order valence-corrected chi connectivity index (χ1v) is 6.70. The van der Waals surface area contributed by atoms with Gasteiger partial charge in [-0.3, -0.25) is 9.59 Å². The van der Waals surface area contributed by atoms with Gasteiger partial charge in [0.05, 0.1) is 0 Å². The highest BCUT2D eigenvalue weighted by Crippen LogP contribution is 2.05. The van der Waals surface area contributed by atoms with Crippen molar-refractivity contribution in [3.8, 4) is 0 Å². The molecule has 0 aliphatic carbocycles. The SMILES string of the molecule is CCOC(C)C(=O)N(CCc1ccccc1)CC(=O)O. The van der Waals surface area contributed by atoms with Crippen molar-refractivity contribution in [3.63, 3.8) is 0 Å². The molecule has 0 bridgehead atoms. The van der Waals surface area contributed by atoms with Gasteiger partial charge in [-0.15, -0.1) is 0 Å². The van der Waals surface area contributed by atoms with Crippen molar-refractivity contribution in [1.82, 2.24) is 4.90 Å². The Labute approximate surface area is 119 Å². The molecule has 0 saturated carbocycles. The third kappa shape index (κ3) is 5.40. The number of hydrogen-bond donors (Lipinski definition) is 1. The van der Waals surface area contributed by atoms with E-state index in [1.54, 1.807) is 13.8 Å². The lowest BCUT2D eigenvalue weighted by Gasteiger charge is -2.24. The molecule has 0 aromatic heterocycles. The highest BCUT2D eigenvalue weighted by Gasteiger charge is 2.22. The van der Waals surface area contributed by atoms with E-state index in [4.69, 9.17) is 9.84 Å². The van der Waals surface area contributed by atoms with Gasteiger partial charge in [0.25, 0.3) is 5.91 Å². The van der Waals surface area contributed by atoms with Gasteiger partial charge in [0.1, 0.15) is 12.6 Å². The van der Waals surface area contributed by atoms with E-state index in [1.165, 1.54) is 4.90 Å². The number of rotatable bonds is 8. The summed E-state index contributed by atoms with van der Waals surface area (Å²) in [6, 6.07) is 9.66. The Morgan fingerprint density at radius 1 is 1.30 bits per heavy atom. The minimum absolute atomic E-state index is 0.287. The molecule has 0 spiro atoms. The molecule has 110 valence electrons. The summed E-state index contributed by atoms with van der Waals surface area (Å²) in [6.45, 7) is 3.93. The van der Waals surface area contributed by atoms with Crippen LogP contribution in [0.1, 0.15) is 19.4 Å². The highest BCUT2D eigenvalue weighted by atomic mass is 16.5. The van der Waals surface area contributed by atoms with Gasteiger partial charge in [0.15, 0.2) is 0 Å². The predicted molar refractivity (Wildman–Crippen MR) is 75.4 cm³/mol. The van der Waals surface area contributed by atoms with E-state index < -0.39 is 12.1 Å². The van der Waals surface area contributed by atoms with E-state index in [0.29, 0.717) is 19.6 Å². The molecule has 1 aromatic rings. The number of carbonyl (C=O) groups is 2. The van der Waals surface area contributed by atoms with Crippen LogP contribution in [0.4, 0.5) is 0 Å². The van der Waals surface area contributed by atoms with Crippen LogP contribution in [0.15, 0.2) is 30.3 Å². The van der Waals surface area contributed by atoms with Gasteiger partial charge in [0, 0.05) is 13.2 Å². The third-order valence-electron chi connectivity index (χ3n) is 2.92. The Morgan fingerprint density at radius 2 is 1.95 bits per heavy atom. The molecule has 1 aromatic carbocycles. The van der Waals surface area contributed by atoms with Crippen molar-refractivity contribution >= 4 is 11.9 Å². The normalized spacial score (nSPS) is 11.9. The molecule has 1 rings (SSSR count). The minimum atomic E-state index is -1.02. The first-order chi connectivity index (χ1) is 9.54. The summed E-state index contributed by atoms with van der Waals surface area (Å²) in [5, 5.41) is 8.91. The summed E-state index contributed by atoms with van der Waals surface area (Å²) in [7, 11) is 0. The molecule has 0 heterocycles. The molecule has 0 saturated heterocycles. The lowest BCUT2D eigenvalue weighted by molar-refractivity contribution is -0.149. The molecule has 5 heteroatoms. The van der Waals surface area contributed by atoms with Crippen LogP contribution in [0.3, 0.4) is 0 Å². The summed E-state index contributed by atoms with van der Waals surface area (Å²) in [4.78, 5) is 24.3. The van der Waals surface area contributed by atoms with Crippen LogP contribution in [-0.2, 0) is 20.7 Å². The number of ether oxygens (including phenoxy) is 1. The monoisotopic (exact) mass is 279 g/mol. The summed E-state index contributed by atoms with van der Waals surface area (Å²) in [5.74, 6) is -1.31. The van der Waals surface area contributed by atoms with Crippen molar-refractivity contribution in [1.29, 1.82) is 0 Å². The summed E-state index contributed by atoms with van der Waals surface area (Å²) in [6.07, 6.45) is 0.00809. The maximum atomic E-state index is 12.1. The van der Waals surface area contributed by atoms with Crippen molar-refractivity contribution in [2.24, 2.45) is 0 Å². The Kier molecular flexibility index (Phi) is 6.73. The Hall–Kier alpha value is -1.88. The van der Waals surface area contributed by atoms with Crippen LogP contribution < -0.4 is 0 Å². The van der Waals surface area contributed by atoms with Crippen molar-refractivity contribution < 1.29 is 19.4 Å². The van der Waals surface area contributed by atoms with E-state index in [2.05, 4.69) is 0 Å². The van der Waals surface area contributed by atoms with Crippen molar-refractivity contribution in [3.05, 3.63) is 35.9 Å². The number of hydrogen-bond acceptors (Lipinski definition) is 3. The fourth-order valence-electron chi connectivity index (χ4n) is 1.92. The Balaban J connectivity index is 2.64. The zero-order chi connectivity index (χ0) is 15.0. The average molecular weight is 279 g/mol. The molecule has 0 aliphatic heterocycles. The van der Waals surface area contributed by atoms with Gasteiger partial charge >= 0.3 is 5.97 Å². The molecule has 5 nitrogen and oxygen atoms in total. The fraction of sp³-hybridized carbons (Fsp3) is 0.467. The zero-order valence-electron chi connectivity index (χ0n) is 11.9. The topological polar surface area (TPSA) is 66.8 Å². The molecular formula is C15H21NO4. The molecule has 1 N–H and O–H groups in total. The molecular weight excluding hydrogens is 258 g/mol. The van der Waals surface area contributed by atoms with Gasteiger partial charge in [-0.05, 0) is 25.8 Å². The largest absolute Gasteiger partial charge is 0.480 e. The standard InChI is InChI=1S/C15H21NO4/c1-3-20-12(2)15(19)16(11-14(17)18)10-9-13-7-5-4-6-8-13/h4-8,12H,3,9-11H2,1-2H3,(H,17,18). The van der Waals surface area contributed by atoms with E-state index in [9.17, 15) is 9.59 Å². The molecule has 0 aliphatic rings. The second-order valence-electron chi connectivity index (χ2n) is 4.49. The van der Waals surface area contributed by atoms with Crippen molar-refractivity contribution in [2.45, 2.75) is 26.4 Å². The quantitative estimate of drug-likeness (QED) is 0.784. The molecule has 0 radical (unpaired) electrons. The lowest BCUT2D eigenvalue weighted by Crippen LogP contribution is -2.43. The number of amides is 1. The average Bonchev–Trinajstić information content (AvgIpc) is 2.43. The molecule has 1 amide bonds. The molecule has 0 fully saturated rings.